The normalized spacial score (nSPS) is 18.5. The number of nitrogens with one attached hydrogen (secondary N) is 1. The van der Waals surface area contributed by atoms with Gasteiger partial charge in [0.25, 0.3) is 0 Å². The maximum atomic E-state index is 5.16. The third-order valence-corrected chi connectivity index (χ3v) is 4.51. The fraction of sp³-hybridized carbons (Fsp3) is 0.750. The van der Waals surface area contributed by atoms with Crippen molar-refractivity contribution < 1.29 is 4.74 Å². The van der Waals surface area contributed by atoms with Crippen molar-refractivity contribution in [2.24, 2.45) is 5.41 Å². The van der Waals surface area contributed by atoms with Crippen LogP contribution in [0.5, 0.6) is 0 Å². The average Bonchev–Trinajstić information content (AvgIpc) is 2.46. The first-order valence-corrected chi connectivity index (χ1v) is 7.72. The van der Waals surface area contributed by atoms with E-state index in [4.69, 9.17) is 4.74 Å². The Labute approximate surface area is 128 Å². The number of hydrogen-bond acceptors (Lipinski definition) is 5. The molecule has 0 radical (unpaired) electrons. The number of ether oxygens (including phenoxy) is 1. The molecule has 0 bridgehead atoms. The van der Waals surface area contributed by atoms with Gasteiger partial charge < -0.3 is 15.0 Å². The summed E-state index contributed by atoms with van der Waals surface area (Å²) in [4.78, 5) is 11.4. The van der Waals surface area contributed by atoms with Crippen molar-refractivity contribution in [3.63, 3.8) is 0 Å². The lowest BCUT2D eigenvalue weighted by atomic mass is 9.75. The van der Waals surface area contributed by atoms with Crippen LogP contribution in [0.4, 0.5) is 11.6 Å². The van der Waals surface area contributed by atoms with Crippen molar-refractivity contribution >= 4 is 11.6 Å². The number of nitrogens with zero attached hydrogens (tertiary/aromatic N) is 3. The third-order valence-electron chi connectivity index (χ3n) is 4.51. The van der Waals surface area contributed by atoms with E-state index in [0.717, 1.165) is 17.5 Å². The molecule has 0 atom stereocenters. The smallest absolute Gasteiger partial charge is 0.158 e. The molecule has 0 saturated heterocycles. The van der Waals surface area contributed by atoms with Gasteiger partial charge in [0.05, 0.1) is 0 Å². The van der Waals surface area contributed by atoms with Crippen LogP contribution in [-0.2, 0) is 11.3 Å². The predicted molar refractivity (Wildman–Crippen MR) is 86.7 cm³/mol. The highest BCUT2D eigenvalue weighted by atomic mass is 16.5. The van der Waals surface area contributed by atoms with Crippen LogP contribution in [-0.4, -0.2) is 37.2 Å². The molecule has 0 unspecified atom stereocenters. The van der Waals surface area contributed by atoms with Gasteiger partial charge in [-0.05, 0) is 31.1 Å². The molecule has 118 valence electrons. The van der Waals surface area contributed by atoms with Crippen molar-refractivity contribution in [3.05, 3.63) is 11.9 Å². The molecule has 1 aliphatic rings. The minimum absolute atomic E-state index is 0.439. The lowest BCUT2D eigenvalue weighted by Gasteiger charge is -2.39. The molecule has 0 aliphatic heterocycles. The van der Waals surface area contributed by atoms with Gasteiger partial charge in [-0.25, -0.2) is 9.97 Å². The highest BCUT2D eigenvalue weighted by molar-refractivity contribution is 5.49. The summed E-state index contributed by atoms with van der Waals surface area (Å²) in [5.41, 5.74) is 0.486. The van der Waals surface area contributed by atoms with Crippen LogP contribution in [0, 0.1) is 5.41 Å². The molecule has 1 aliphatic carbocycles. The highest BCUT2D eigenvalue weighted by Crippen LogP contribution is 2.37. The van der Waals surface area contributed by atoms with Crippen LogP contribution in [0.15, 0.2) is 6.07 Å². The van der Waals surface area contributed by atoms with Gasteiger partial charge in [-0.1, -0.05) is 13.8 Å². The SMILES string of the molecule is CNc1cc(N(C)C2CCC(C)(C)CC2)nc(COC)n1. The summed E-state index contributed by atoms with van der Waals surface area (Å²) in [6, 6.07) is 2.58. The van der Waals surface area contributed by atoms with Gasteiger partial charge in [-0.2, -0.15) is 0 Å². The lowest BCUT2D eigenvalue weighted by Crippen LogP contribution is -2.37. The fourth-order valence-corrected chi connectivity index (χ4v) is 2.94. The van der Waals surface area contributed by atoms with Crippen molar-refractivity contribution in [3.8, 4) is 0 Å². The van der Waals surface area contributed by atoms with Crippen molar-refractivity contribution in [2.75, 3.05) is 31.4 Å². The maximum Gasteiger partial charge on any atom is 0.158 e. The Hall–Kier alpha value is -1.36. The van der Waals surface area contributed by atoms with Crippen LogP contribution in [0.25, 0.3) is 0 Å². The van der Waals surface area contributed by atoms with Crippen LogP contribution in [0.1, 0.15) is 45.4 Å². The Balaban J connectivity index is 2.14. The van der Waals surface area contributed by atoms with Gasteiger partial charge in [0.15, 0.2) is 5.82 Å². The van der Waals surface area contributed by atoms with E-state index >= 15 is 0 Å². The summed E-state index contributed by atoms with van der Waals surface area (Å²) in [5, 5.41) is 3.10. The maximum absolute atomic E-state index is 5.16. The molecule has 1 saturated carbocycles. The molecule has 21 heavy (non-hydrogen) atoms. The molecule has 5 heteroatoms. The third kappa shape index (κ3) is 4.06. The topological polar surface area (TPSA) is 50.3 Å². The number of aromatic nitrogens is 2. The molecule has 1 aromatic heterocycles. The largest absolute Gasteiger partial charge is 0.377 e. The molecule has 1 heterocycles. The number of hydrogen-bond donors (Lipinski definition) is 1. The van der Waals surface area contributed by atoms with Crippen LogP contribution >= 0.6 is 0 Å². The van der Waals surface area contributed by atoms with Crippen LogP contribution in [0.2, 0.25) is 0 Å². The summed E-state index contributed by atoms with van der Waals surface area (Å²) in [6.07, 6.45) is 5.00. The summed E-state index contributed by atoms with van der Waals surface area (Å²) < 4.78 is 5.16. The molecule has 5 nitrogen and oxygen atoms in total. The van der Waals surface area contributed by atoms with Crippen LogP contribution < -0.4 is 10.2 Å². The fourth-order valence-electron chi connectivity index (χ4n) is 2.94. The molecule has 0 amide bonds. The van der Waals surface area contributed by atoms with E-state index in [2.05, 4.69) is 41.1 Å². The van der Waals surface area contributed by atoms with Crippen LogP contribution in [0.3, 0.4) is 0 Å². The van der Waals surface area contributed by atoms with Gasteiger partial charge in [0.2, 0.25) is 0 Å². The summed E-state index contributed by atoms with van der Waals surface area (Å²) in [6.45, 7) is 5.17. The van der Waals surface area contributed by atoms with Gasteiger partial charge in [-0.3, -0.25) is 0 Å². The Bertz CT molecular complexity index is 465. The van der Waals surface area contributed by atoms with Gasteiger partial charge in [-0.15, -0.1) is 0 Å². The molecule has 0 aromatic carbocycles. The second-order valence-electron chi connectivity index (χ2n) is 6.72. The van der Waals surface area contributed by atoms with E-state index < -0.39 is 0 Å². The van der Waals surface area contributed by atoms with E-state index in [-0.39, 0.29) is 0 Å². The quantitative estimate of drug-likeness (QED) is 0.904. The van der Waals surface area contributed by atoms with E-state index in [1.165, 1.54) is 25.7 Å². The molecule has 1 aromatic rings. The number of anilines is 2. The van der Waals surface area contributed by atoms with E-state index in [1.54, 1.807) is 7.11 Å². The zero-order valence-corrected chi connectivity index (χ0v) is 13.9. The van der Waals surface area contributed by atoms with Crippen molar-refractivity contribution in [2.45, 2.75) is 52.2 Å². The van der Waals surface area contributed by atoms with E-state index in [0.29, 0.717) is 18.1 Å². The molecule has 0 spiro atoms. The van der Waals surface area contributed by atoms with Crippen molar-refractivity contribution in [1.82, 2.24) is 9.97 Å². The highest BCUT2D eigenvalue weighted by Gasteiger charge is 2.29. The minimum atomic E-state index is 0.439. The Morgan fingerprint density at radius 3 is 2.57 bits per heavy atom. The molecular weight excluding hydrogens is 264 g/mol. The zero-order valence-electron chi connectivity index (χ0n) is 13.9. The molecule has 2 rings (SSSR count). The van der Waals surface area contributed by atoms with E-state index in [1.807, 2.05) is 13.1 Å². The number of rotatable bonds is 5. The predicted octanol–water partition coefficient (Wildman–Crippen LogP) is 3.07. The second-order valence-corrected chi connectivity index (χ2v) is 6.72. The number of methoxy groups -OCH3 is 1. The van der Waals surface area contributed by atoms with Gasteiger partial charge >= 0.3 is 0 Å². The standard InChI is InChI=1S/C16H28N4O/c1-16(2)8-6-12(7-9-16)20(4)15-10-13(17-3)18-14(19-15)11-21-5/h10,12H,6-9,11H2,1-5H3,(H,17,18,19). The molecular formula is C16H28N4O. The molecule has 1 fully saturated rings. The second kappa shape index (κ2) is 6.60. The van der Waals surface area contributed by atoms with Gasteiger partial charge in [0.1, 0.15) is 18.2 Å². The Morgan fingerprint density at radius 1 is 1.33 bits per heavy atom. The first-order chi connectivity index (χ1) is 9.95. The van der Waals surface area contributed by atoms with Crippen molar-refractivity contribution in [1.29, 1.82) is 0 Å². The summed E-state index contributed by atoms with van der Waals surface area (Å²) in [7, 11) is 5.69. The Morgan fingerprint density at radius 2 is 2.00 bits per heavy atom. The van der Waals surface area contributed by atoms with E-state index in [9.17, 15) is 0 Å². The zero-order chi connectivity index (χ0) is 15.5. The molecule has 1 N–H and O–H groups in total. The lowest BCUT2D eigenvalue weighted by molar-refractivity contribution is 0.178. The minimum Gasteiger partial charge on any atom is -0.377 e. The summed E-state index contributed by atoms with van der Waals surface area (Å²) in [5.74, 6) is 2.54. The van der Waals surface area contributed by atoms with Gasteiger partial charge in [0, 0.05) is 33.3 Å². The summed E-state index contributed by atoms with van der Waals surface area (Å²) >= 11 is 0. The average molecular weight is 292 g/mol. The monoisotopic (exact) mass is 292 g/mol. The first-order valence-electron chi connectivity index (χ1n) is 7.72. The Kier molecular flexibility index (Phi) is 5.04. The first kappa shape index (κ1) is 16.0.